The lowest BCUT2D eigenvalue weighted by atomic mass is 10.4. The van der Waals surface area contributed by atoms with E-state index in [1.165, 1.54) is 24.3 Å². The molecule has 64 valence electrons. The Labute approximate surface area is 68.3 Å². The van der Waals surface area contributed by atoms with E-state index >= 15 is 0 Å². The van der Waals surface area contributed by atoms with Gasteiger partial charge in [0.1, 0.15) is 0 Å². The zero-order chi connectivity index (χ0) is 9.19. The van der Waals surface area contributed by atoms with E-state index in [1.54, 1.807) is 6.07 Å². The first kappa shape index (κ1) is 8.90. The van der Waals surface area contributed by atoms with Crippen molar-refractivity contribution in [3.63, 3.8) is 0 Å². The normalized spacial score (nSPS) is 15.1. The summed E-state index contributed by atoms with van der Waals surface area (Å²) in [5, 5.41) is 8.03. The molecule has 1 atom stereocenters. The van der Waals surface area contributed by atoms with Crippen LogP contribution >= 0.6 is 7.52 Å². The summed E-state index contributed by atoms with van der Waals surface area (Å²) < 4.78 is 9.90. The van der Waals surface area contributed by atoms with E-state index in [0.717, 1.165) is 0 Å². The Kier molecular flexibility index (Phi) is 2.26. The number of nitrogens with zero attached hydrogens (tertiary/aromatic N) is 1. The zero-order valence-electron chi connectivity index (χ0n) is 5.95. The van der Waals surface area contributed by atoms with Gasteiger partial charge in [-0.05, 0) is 12.1 Å². The van der Waals surface area contributed by atoms with E-state index in [9.17, 15) is 14.4 Å². The molecule has 0 aliphatic carbocycles. The molecule has 0 saturated carbocycles. The molecule has 0 saturated heterocycles. The molecule has 0 amide bonds. The Morgan fingerprint density at radius 2 is 1.83 bits per heavy atom. The van der Waals surface area contributed by atoms with Gasteiger partial charge in [-0.1, -0.05) is 18.2 Å². The summed E-state index contributed by atoms with van der Waals surface area (Å²) in [5.74, 6) is 0. The molecule has 6 heteroatoms. The number of benzene rings is 1. The minimum absolute atomic E-state index is 0.206. The monoisotopic (exact) mass is 187 g/mol. The van der Waals surface area contributed by atoms with E-state index in [4.69, 9.17) is 5.21 Å². The second kappa shape index (κ2) is 3.05. The van der Waals surface area contributed by atoms with Crippen LogP contribution in [0, 0.1) is 4.91 Å². The molecular weight excluding hydrogens is 181 g/mol. The van der Waals surface area contributed by atoms with E-state index in [1.807, 2.05) is 0 Å². The fourth-order valence-electron chi connectivity index (χ4n) is 0.715. The van der Waals surface area contributed by atoms with Crippen LogP contribution in [-0.4, -0.2) is 9.90 Å². The Balaban J connectivity index is 3.16. The van der Waals surface area contributed by atoms with Crippen molar-refractivity contribution in [3.05, 3.63) is 35.2 Å². The third kappa shape index (κ3) is 1.52. The van der Waals surface area contributed by atoms with Gasteiger partial charge in [0.2, 0.25) is 0 Å². The molecule has 0 bridgehead atoms. The lowest BCUT2D eigenvalue weighted by Gasteiger charge is -2.07. The van der Waals surface area contributed by atoms with E-state index in [-0.39, 0.29) is 5.30 Å². The molecule has 0 spiro atoms. The molecule has 0 aromatic heterocycles. The second-order valence-corrected chi connectivity index (χ2v) is 4.01. The summed E-state index contributed by atoms with van der Waals surface area (Å²) >= 11 is 0. The van der Waals surface area contributed by atoms with Crippen molar-refractivity contribution >= 4 is 12.8 Å². The third-order valence-electron chi connectivity index (χ3n) is 1.31. The van der Waals surface area contributed by atoms with E-state index in [0.29, 0.717) is 0 Å². The molecule has 0 fully saturated rings. The summed E-state index contributed by atoms with van der Waals surface area (Å²) in [6, 6.07) is 6.99. The van der Waals surface area contributed by atoms with Gasteiger partial charge in [0.05, 0.1) is 10.2 Å². The summed E-state index contributed by atoms with van der Waals surface area (Å²) in [4.78, 5) is 21.1. The fourth-order valence-corrected chi connectivity index (χ4v) is 1.46. The van der Waals surface area contributed by atoms with Crippen molar-refractivity contribution in [2.24, 2.45) is 0 Å². The molecule has 0 aliphatic heterocycles. The predicted molar refractivity (Wildman–Crippen MR) is 39.1 cm³/mol. The Morgan fingerprint density at radius 1 is 1.33 bits per heavy atom. The number of rotatable bonds is 2. The van der Waals surface area contributed by atoms with Crippen molar-refractivity contribution in [2.75, 3.05) is 0 Å². The van der Waals surface area contributed by atoms with Gasteiger partial charge >= 0.3 is 7.52 Å². The first-order chi connectivity index (χ1) is 5.55. The number of hydrogen-bond donors (Lipinski definition) is 1. The van der Waals surface area contributed by atoms with Crippen molar-refractivity contribution in [2.45, 2.75) is 0 Å². The molecule has 12 heavy (non-hydrogen) atoms. The van der Waals surface area contributed by atoms with Crippen LogP contribution < -0.4 is 10.2 Å². The maximum Gasteiger partial charge on any atom is 0.400 e. The second-order valence-electron chi connectivity index (χ2n) is 2.11. The SMILES string of the molecule is O=[N+](O)P(=O)([O-])c1ccccc1. The largest absolute Gasteiger partial charge is 0.736 e. The van der Waals surface area contributed by atoms with Crippen molar-refractivity contribution in [1.29, 1.82) is 0 Å². The van der Waals surface area contributed by atoms with Crippen molar-refractivity contribution in [3.8, 4) is 0 Å². The minimum Gasteiger partial charge on any atom is -0.736 e. The summed E-state index contributed by atoms with van der Waals surface area (Å²) in [6.45, 7) is 0. The summed E-state index contributed by atoms with van der Waals surface area (Å²) in [7, 11) is -4.53. The lowest BCUT2D eigenvalue weighted by Crippen LogP contribution is -2.22. The Morgan fingerprint density at radius 3 is 2.25 bits per heavy atom. The first-order valence-electron chi connectivity index (χ1n) is 3.08. The maximum absolute atomic E-state index is 10.9. The third-order valence-corrected chi connectivity index (χ3v) is 2.71. The lowest BCUT2D eigenvalue weighted by molar-refractivity contribution is -0.698. The van der Waals surface area contributed by atoms with Gasteiger partial charge in [0.25, 0.3) is 4.69 Å². The van der Waals surface area contributed by atoms with E-state index < -0.39 is 12.2 Å². The van der Waals surface area contributed by atoms with Crippen molar-refractivity contribution in [1.82, 2.24) is 0 Å². The summed E-state index contributed by atoms with van der Waals surface area (Å²) in [5.41, 5.74) is 0. The van der Waals surface area contributed by atoms with Gasteiger partial charge in [-0.15, -0.1) is 0 Å². The van der Waals surface area contributed by atoms with Crippen LogP contribution in [-0.2, 0) is 4.57 Å². The van der Waals surface area contributed by atoms with Crippen LogP contribution in [0.15, 0.2) is 30.3 Å². The standard InChI is InChI=1S/C6H6NO4P/c8-7(9)12(10,11)6-4-2-1-3-5-6/h1-5H,(H-,8,9,10,11). The van der Waals surface area contributed by atoms with Gasteiger partial charge in [0.15, 0.2) is 0 Å². The predicted octanol–water partition coefficient (Wildman–Crippen LogP) is 0.0334. The molecule has 1 rings (SSSR count). The smallest absolute Gasteiger partial charge is 0.400 e. The molecule has 0 aliphatic rings. The Hall–Kier alpha value is -1.19. The Bertz CT molecular complexity index is 337. The molecule has 0 heterocycles. The highest BCUT2D eigenvalue weighted by Gasteiger charge is 2.29. The fraction of sp³-hybridized carbons (Fsp3) is 0. The molecule has 0 radical (unpaired) electrons. The van der Waals surface area contributed by atoms with Gasteiger partial charge < -0.3 is 4.89 Å². The molecule has 1 aromatic carbocycles. The van der Waals surface area contributed by atoms with Crippen LogP contribution in [0.1, 0.15) is 0 Å². The molecule has 1 unspecified atom stereocenters. The van der Waals surface area contributed by atoms with Crippen LogP contribution in [0.4, 0.5) is 0 Å². The average molecular weight is 187 g/mol. The van der Waals surface area contributed by atoms with Crippen LogP contribution in [0.5, 0.6) is 0 Å². The highest BCUT2D eigenvalue weighted by atomic mass is 31.2. The number of hydrogen-bond acceptors (Lipinski definition) is 3. The maximum atomic E-state index is 10.9. The minimum atomic E-state index is -4.53. The van der Waals surface area contributed by atoms with Crippen LogP contribution in [0.3, 0.4) is 0 Å². The van der Waals surface area contributed by atoms with Crippen LogP contribution in [0.25, 0.3) is 0 Å². The van der Waals surface area contributed by atoms with Gasteiger partial charge in [-0.2, -0.15) is 0 Å². The first-order valence-corrected chi connectivity index (χ1v) is 4.66. The van der Waals surface area contributed by atoms with E-state index in [2.05, 4.69) is 0 Å². The summed E-state index contributed by atoms with van der Waals surface area (Å²) in [6.07, 6.45) is 0. The van der Waals surface area contributed by atoms with Crippen LogP contribution in [0.2, 0.25) is 0 Å². The molecule has 1 aromatic rings. The average Bonchev–Trinajstić information content (AvgIpc) is 2.06. The van der Waals surface area contributed by atoms with Gasteiger partial charge in [-0.3, -0.25) is 0 Å². The quantitative estimate of drug-likeness (QED) is 0.523. The highest BCUT2D eigenvalue weighted by molar-refractivity contribution is 7.58. The zero-order valence-corrected chi connectivity index (χ0v) is 6.85. The molecule has 1 N–H and O–H groups in total. The highest BCUT2D eigenvalue weighted by Crippen LogP contribution is 2.32. The van der Waals surface area contributed by atoms with Crippen molar-refractivity contribution < 1.29 is 19.4 Å². The molecular formula is C6H6NO4P. The molecule has 5 nitrogen and oxygen atoms in total. The van der Waals surface area contributed by atoms with Gasteiger partial charge in [0, 0.05) is 0 Å². The topological polar surface area (TPSA) is 80.4 Å². The van der Waals surface area contributed by atoms with Gasteiger partial charge in [-0.25, -0.2) is 9.77 Å².